The van der Waals surface area contributed by atoms with Crippen LogP contribution in [0.15, 0.2) is 36.8 Å². The molecule has 0 fully saturated rings. The number of nitrogens with zero attached hydrogens (tertiary/aromatic N) is 2. The fourth-order valence-electron chi connectivity index (χ4n) is 1.46. The maximum absolute atomic E-state index is 12.7. The predicted molar refractivity (Wildman–Crippen MR) is 53.7 cm³/mol. The number of hydrogen-bond donors (Lipinski definition) is 2. The molecule has 1 amide bonds. The smallest absolute Gasteiger partial charge is 0.359 e. The third-order valence-electron chi connectivity index (χ3n) is 2.41. The minimum Gasteiger partial charge on any atom is -0.359 e. The molecule has 0 spiro atoms. The van der Waals surface area contributed by atoms with Crippen molar-refractivity contribution < 1.29 is 23.1 Å². The lowest BCUT2D eigenvalue weighted by atomic mass is 10.1. The molecule has 0 saturated heterocycles. The van der Waals surface area contributed by atoms with Crippen molar-refractivity contribution in [1.82, 2.24) is 15.4 Å². The number of nitrogens with one attached hydrogen (secondary N) is 1. The maximum atomic E-state index is 12.7. The number of carbonyl (C=O) groups excluding carboxylic acids is 1. The van der Waals surface area contributed by atoms with Crippen molar-refractivity contribution in [3.63, 3.8) is 0 Å². The SMILES string of the molecule is O=C(c1ccncc1)N1NC=C[C@]1(O)C(F)(F)F. The highest BCUT2D eigenvalue weighted by atomic mass is 19.4. The van der Waals surface area contributed by atoms with Crippen molar-refractivity contribution >= 4 is 5.91 Å². The van der Waals surface area contributed by atoms with Gasteiger partial charge in [0.15, 0.2) is 0 Å². The number of rotatable bonds is 1. The van der Waals surface area contributed by atoms with Crippen LogP contribution in [0, 0.1) is 0 Å². The summed E-state index contributed by atoms with van der Waals surface area (Å²) in [7, 11) is 0. The van der Waals surface area contributed by atoms with Gasteiger partial charge in [-0.15, -0.1) is 0 Å². The van der Waals surface area contributed by atoms with Crippen LogP contribution in [-0.2, 0) is 0 Å². The Hall–Kier alpha value is -2.09. The lowest BCUT2D eigenvalue weighted by molar-refractivity contribution is -0.283. The first kappa shape index (κ1) is 12.4. The van der Waals surface area contributed by atoms with Crippen LogP contribution in [0.3, 0.4) is 0 Å². The molecule has 1 aliphatic heterocycles. The molecule has 96 valence electrons. The first-order chi connectivity index (χ1) is 8.36. The average molecular weight is 259 g/mol. The third-order valence-corrected chi connectivity index (χ3v) is 2.41. The molecule has 1 aromatic heterocycles. The van der Waals surface area contributed by atoms with Gasteiger partial charge < -0.3 is 5.11 Å². The molecule has 0 aliphatic carbocycles. The normalized spacial score (nSPS) is 23.0. The second-order valence-corrected chi connectivity index (χ2v) is 3.56. The molecule has 1 aliphatic rings. The van der Waals surface area contributed by atoms with E-state index < -0.39 is 17.8 Å². The molecule has 18 heavy (non-hydrogen) atoms. The van der Waals surface area contributed by atoms with E-state index in [1.807, 2.05) is 0 Å². The Morgan fingerprint density at radius 1 is 1.39 bits per heavy atom. The molecule has 2 rings (SSSR count). The van der Waals surface area contributed by atoms with Gasteiger partial charge in [0.1, 0.15) is 0 Å². The molecule has 0 bridgehead atoms. The van der Waals surface area contributed by atoms with Gasteiger partial charge in [0, 0.05) is 24.2 Å². The summed E-state index contributed by atoms with van der Waals surface area (Å²) >= 11 is 0. The zero-order valence-corrected chi connectivity index (χ0v) is 8.85. The Bertz CT molecular complexity index is 489. The number of hydrazine groups is 1. The zero-order valence-electron chi connectivity index (χ0n) is 8.85. The summed E-state index contributed by atoms with van der Waals surface area (Å²) in [6.07, 6.45) is -1.15. The fraction of sp³-hybridized carbons (Fsp3) is 0.200. The van der Waals surface area contributed by atoms with Crippen LogP contribution >= 0.6 is 0 Å². The Labute approximate surface area is 99.5 Å². The van der Waals surface area contributed by atoms with Gasteiger partial charge in [-0.1, -0.05) is 0 Å². The maximum Gasteiger partial charge on any atom is 0.442 e. The molecule has 1 atom stereocenters. The van der Waals surface area contributed by atoms with E-state index >= 15 is 0 Å². The van der Waals surface area contributed by atoms with Gasteiger partial charge in [-0.25, -0.2) is 5.01 Å². The summed E-state index contributed by atoms with van der Waals surface area (Å²) in [4.78, 5) is 15.5. The summed E-state index contributed by atoms with van der Waals surface area (Å²) in [5.74, 6) is -1.01. The van der Waals surface area contributed by atoms with Crippen LogP contribution < -0.4 is 5.43 Å². The van der Waals surface area contributed by atoms with E-state index in [0.717, 1.165) is 6.20 Å². The summed E-state index contributed by atoms with van der Waals surface area (Å²) in [5, 5.41) is 9.65. The van der Waals surface area contributed by atoms with Gasteiger partial charge in [-0.3, -0.25) is 15.2 Å². The van der Waals surface area contributed by atoms with E-state index in [4.69, 9.17) is 0 Å². The number of carbonyl (C=O) groups is 1. The van der Waals surface area contributed by atoms with Crippen molar-refractivity contribution in [3.05, 3.63) is 42.4 Å². The van der Waals surface area contributed by atoms with Gasteiger partial charge in [-0.05, 0) is 18.2 Å². The van der Waals surface area contributed by atoms with Crippen molar-refractivity contribution in [2.75, 3.05) is 0 Å². The van der Waals surface area contributed by atoms with E-state index in [0.29, 0.717) is 6.08 Å². The minimum atomic E-state index is -5.00. The van der Waals surface area contributed by atoms with Gasteiger partial charge in [-0.2, -0.15) is 13.2 Å². The standard InChI is InChI=1S/C10H8F3N3O2/c11-10(12,13)9(18)3-6-15-16(9)8(17)7-1-4-14-5-2-7/h1-6,15,18H/t9-/m0/s1. The van der Waals surface area contributed by atoms with Crippen LogP contribution in [-0.4, -0.2) is 32.9 Å². The molecule has 8 heteroatoms. The molecular weight excluding hydrogens is 251 g/mol. The summed E-state index contributed by atoms with van der Waals surface area (Å²) < 4.78 is 38.2. The molecule has 0 saturated carbocycles. The van der Waals surface area contributed by atoms with Gasteiger partial charge in [0.25, 0.3) is 11.6 Å². The highest BCUT2D eigenvalue weighted by Gasteiger charge is 2.60. The first-order valence-electron chi connectivity index (χ1n) is 4.84. The Morgan fingerprint density at radius 3 is 2.56 bits per heavy atom. The highest BCUT2D eigenvalue weighted by molar-refractivity contribution is 5.94. The number of aromatic nitrogens is 1. The van der Waals surface area contributed by atoms with Crippen molar-refractivity contribution in [2.45, 2.75) is 11.9 Å². The molecular formula is C10H8F3N3O2. The monoisotopic (exact) mass is 259 g/mol. The van der Waals surface area contributed by atoms with E-state index in [9.17, 15) is 23.1 Å². The molecule has 0 radical (unpaired) electrons. The zero-order chi connectivity index (χ0) is 13.4. The van der Waals surface area contributed by atoms with Crippen molar-refractivity contribution in [2.24, 2.45) is 0 Å². The van der Waals surface area contributed by atoms with Crippen LogP contribution in [0.25, 0.3) is 0 Å². The highest BCUT2D eigenvalue weighted by Crippen LogP contribution is 2.36. The molecule has 0 unspecified atom stereocenters. The lowest BCUT2D eigenvalue weighted by Gasteiger charge is -2.33. The van der Waals surface area contributed by atoms with E-state index in [-0.39, 0.29) is 10.6 Å². The largest absolute Gasteiger partial charge is 0.442 e. The average Bonchev–Trinajstić information content (AvgIpc) is 2.72. The first-order valence-corrected chi connectivity index (χ1v) is 4.84. The number of alkyl halides is 3. The fourth-order valence-corrected chi connectivity index (χ4v) is 1.46. The molecule has 2 N–H and O–H groups in total. The lowest BCUT2D eigenvalue weighted by Crippen LogP contribution is -2.60. The minimum absolute atomic E-state index is 0.0242. The number of pyridine rings is 1. The van der Waals surface area contributed by atoms with Crippen LogP contribution in [0.1, 0.15) is 10.4 Å². The Balaban J connectivity index is 2.33. The summed E-state index contributed by atoms with van der Waals surface area (Å²) in [5.41, 5.74) is -1.31. The molecule has 5 nitrogen and oxygen atoms in total. The van der Waals surface area contributed by atoms with Gasteiger partial charge in [0.05, 0.1) is 0 Å². The summed E-state index contributed by atoms with van der Waals surface area (Å²) in [6, 6.07) is 2.50. The van der Waals surface area contributed by atoms with E-state index in [1.165, 1.54) is 24.5 Å². The second kappa shape index (κ2) is 3.98. The van der Waals surface area contributed by atoms with Crippen LogP contribution in [0.5, 0.6) is 0 Å². The summed E-state index contributed by atoms with van der Waals surface area (Å²) in [6.45, 7) is 0. The molecule has 2 heterocycles. The van der Waals surface area contributed by atoms with E-state index in [2.05, 4.69) is 10.4 Å². The predicted octanol–water partition coefficient (Wildman–Crippen LogP) is 0.807. The molecule has 0 aromatic carbocycles. The van der Waals surface area contributed by atoms with Crippen molar-refractivity contribution in [3.8, 4) is 0 Å². The van der Waals surface area contributed by atoms with E-state index in [1.54, 1.807) is 0 Å². The van der Waals surface area contributed by atoms with Crippen molar-refractivity contribution in [1.29, 1.82) is 0 Å². The topological polar surface area (TPSA) is 65.5 Å². The second-order valence-electron chi connectivity index (χ2n) is 3.56. The van der Waals surface area contributed by atoms with Crippen LogP contribution in [0.2, 0.25) is 0 Å². The van der Waals surface area contributed by atoms with Gasteiger partial charge >= 0.3 is 6.18 Å². The Kier molecular flexibility index (Phi) is 2.74. The Morgan fingerprint density at radius 2 is 2.00 bits per heavy atom. The number of hydrogen-bond acceptors (Lipinski definition) is 4. The number of halogens is 3. The van der Waals surface area contributed by atoms with Gasteiger partial charge in [0.2, 0.25) is 0 Å². The molecule has 1 aromatic rings. The van der Waals surface area contributed by atoms with Crippen LogP contribution in [0.4, 0.5) is 13.2 Å². The third kappa shape index (κ3) is 1.80. The number of amides is 1. The number of aliphatic hydroxyl groups is 1. The quantitative estimate of drug-likeness (QED) is 0.783.